The molecule has 0 fully saturated rings. The Labute approximate surface area is 134 Å². The Balaban J connectivity index is 2.24. The highest BCUT2D eigenvalue weighted by atomic mass is 35.5. The fraction of sp³-hybridized carbons (Fsp3) is 0.294. The predicted octanol–water partition coefficient (Wildman–Crippen LogP) is 3.47. The van der Waals surface area contributed by atoms with Crippen LogP contribution in [-0.2, 0) is 6.54 Å². The molecule has 116 valence electrons. The third-order valence-corrected chi connectivity index (χ3v) is 3.76. The van der Waals surface area contributed by atoms with Gasteiger partial charge >= 0.3 is 0 Å². The lowest BCUT2D eigenvalue weighted by Gasteiger charge is -2.23. The molecule has 0 radical (unpaired) electrons. The van der Waals surface area contributed by atoms with Crippen molar-refractivity contribution in [3.05, 3.63) is 69.1 Å². The van der Waals surface area contributed by atoms with Gasteiger partial charge in [0.25, 0.3) is 5.91 Å². The molecule has 1 amide bonds. The molecule has 1 aromatic heterocycles. The Morgan fingerprint density at radius 1 is 1.18 bits per heavy atom. The molecule has 0 bridgehead atoms. The van der Waals surface area contributed by atoms with Crippen LogP contribution in [0.25, 0.3) is 0 Å². The number of hydrogen-bond acceptors (Lipinski definition) is 2. The van der Waals surface area contributed by atoms with E-state index >= 15 is 0 Å². The van der Waals surface area contributed by atoms with Crippen molar-refractivity contribution in [3.8, 4) is 0 Å². The van der Waals surface area contributed by atoms with Crippen molar-refractivity contribution in [1.29, 1.82) is 0 Å². The van der Waals surface area contributed by atoms with Gasteiger partial charge in [0.1, 0.15) is 5.69 Å². The van der Waals surface area contributed by atoms with Crippen molar-refractivity contribution in [2.45, 2.75) is 26.3 Å². The summed E-state index contributed by atoms with van der Waals surface area (Å²) >= 11 is 6.18. The monoisotopic (exact) mass is 318 g/mol. The van der Waals surface area contributed by atoms with E-state index in [4.69, 9.17) is 11.6 Å². The van der Waals surface area contributed by atoms with Crippen LogP contribution in [0.15, 0.2) is 47.3 Å². The molecule has 0 aliphatic rings. The van der Waals surface area contributed by atoms with Crippen molar-refractivity contribution in [2.75, 3.05) is 6.54 Å². The Hall–Kier alpha value is -2.07. The van der Waals surface area contributed by atoms with Crippen LogP contribution in [0.4, 0.5) is 0 Å². The summed E-state index contributed by atoms with van der Waals surface area (Å²) in [7, 11) is 0. The summed E-state index contributed by atoms with van der Waals surface area (Å²) < 4.78 is 0. The number of carbonyl (C=O) groups excluding carboxylic acids is 1. The number of pyridine rings is 1. The second-order valence-electron chi connectivity index (χ2n) is 5.10. The van der Waals surface area contributed by atoms with Crippen LogP contribution >= 0.6 is 11.6 Å². The Kier molecular flexibility index (Phi) is 5.78. The van der Waals surface area contributed by atoms with Gasteiger partial charge in [-0.15, -0.1) is 0 Å². The second-order valence-corrected chi connectivity index (χ2v) is 5.51. The number of nitrogens with zero attached hydrogens (tertiary/aromatic N) is 1. The number of nitrogens with one attached hydrogen (secondary N) is 1. The highest BCUT2D eigenvalue weighted by Gasteiger charge is 2.17. The van der Waals surface area contributed by atoms with E-state index in [1.807, 2.05) is 24.3 Å². The van der Waals surface area contributed by atoms with Gasteiger partial charge in [0.15, 0.2) is 0 Å². The molecule has 0 unspecified atom stereocenters. The summed E-state index contributed by atoms with van der Waals surface area (Å²) in [6.07, 6.45) is 1.88. The minimum atomic E-state index is -0.279. The number of carbonyl (C=O) groups is 1. The average molecular weight is 319 g/mol. The smallest absolute Gasteiger partial charge is 0.270 e. The Morgan fingerprint density at radius 3 is 2.64 bits per heavy atom. The first kappa shape index (κ1) is 16.3. The van der Waals surface area contributed by atoms with E-state index in [0.29, 0.717) is 23.8 Å². The number of unbranched alkanes of at least 4 members (excludes halogenated alkanes) is 1. The lowest BCUT2D eigenvalue weighted by atomic mass is 10.2. The maximum Gasteiger partial charge on any atom is 0.270 e. The fourth-order valence-electron chi connectivity index (χ4n) is 2.18. The molecule has 5 heteroatoms. The first-order valence-electron chi connectivity index (χ1n) is 7.34. The van der Waals surface area contributed by atoms with Crippen LogP contribution in [-0.4, -0.2) is 22.3 Å². The summed E-state index contributed by atoms with van der Waals surface area (Å²) in [5.41, 5.74) is 0.918. The zero-order chi connectivity index (χ0) is 15.9. The summed E-state index contributed by atoms with van der Waals surface area (Å²) in [6.45, 7) is 3.12. The van der Waals surface area contributed by atoms with Crippen LogP contribution < -0.4 is 5.56 Å². The largest absolute Gasteiger partial charge is 0.333 e. The van der Waals surface area contributed by atoms with Crippen LogP contribution in [0, 0.1) is 0 Å². The molecule has 0 saturated heterocycles. The van der Waals surface area contributed by atoms with Crippen LogP contribution in [0.2, 0.25) is 5.02 Å². The average Bonchev–Trinajstić information content (AvgIpc) is 2.52. The predicted molar refractivity (Wildman–Crippen MR) is 88.2 cm³/mol. The molecule has 1 heterocycles. The number of halogens is 1. The Morgan fingerprint density at radius 2 is 1.95 bits per heavy atom. The summed E-state index contributed by atoms with van der Waals surface area (Å²) in [5.74, 6) is -0.189. The van der Waals surface area contributed by atoms with E-state index in [9.17, 15) is 9.59 Å². The maximum atomic E-state index is 12.6. The van der Waals surface area contributed by atoms with Crippen LogP contribution in [0.5, 0.6) is 0 Å². The van der Waals surface area contributed by atoms with E-state index < -0.39 is 0 Å². The minimum Gasteiger partial charge on any atom is -0.333 e. The van der Waals surface area contributed by atoms with Gasteiger partial charge in [-0.1, -0.05) is 49.2 Å². The van der Waals surface area contributed by atoms with E-state index in [2.05, 4.69) is 11.9 Å². The third-order valence-electron chi connectivity index (χ3n) is 3.39. The minimum absolute atomic E-state index is 0.189. The van der Waals surface area contributed by atoms with E-state index in [-0.39, 0.29) is 11.5 Å². The molecule has 22 heavy (non-hydrogen) atoms. The van der Waals surface area contributed by atoms with Gasteiger partial charge in [0.05, 0.1) is 0 Å². The van der Waals surface area contributed by atoms with Gasteiger partial charge in [0.2, 0.25) is 5.56 Å². The molecular weight excluding hydrogens is 300 g/mol. The standard InChI is InChI=1S/C17H19ClN2O2/c1-2-3-11-20(12-13-7-4-5-8-14(13)18)17(22)15-9-6-10-16(21)19-15/h4-10H,2-3,11-12H2,1H3,(H,19,21). The maximum absolute atomic E-state index is 12.6. The number of aromatic amines is 1. The molecule has 0 aliphatic heterocycles. The summed E-state index contributed by atoms with van der Waals surface area (Å²) in [4.78, 5) is 28.3. The number of benzene rings is 1. The molecule has 0 saturated carbocycles. The van der Waals surface area contributed by atoms with Crippen molar-refractivity contribution < 1.29 is 4.79 Å². The fourth-order valence-corrected chi connectivity index (χ4v) is 2.37. The number of hydrogen-bond donors (Lipinski definition) is 1. The molecule has 1 aromatic carbocycles. The van der Waals surface area contributed by atoms with Gasteiger partial charge in [-0.2, -0.15) is 0 Å². The van der Waals surface area contributed by atoms with Crippen molar-refractivity contribution in [1.82, 2.24) is 9.88 Å². The Bertz CT molecular complexity index is 697. The van der Waals surface area contributed by atoms with Gasteiger partial charge in [-0.05, 0) is 24.1 Å². The number of aromatic nitrogens is 1. The molecule has 0 aliphatic carbocycles. The number of rotatable bonds is 6. The number of H-pyrrole nitrogens is 1. The lowest BCUT2D eigenvalue weighted by molar-refractivity contribution is 0.0734. The molecule has 0 spiro atoms. The highest BCUT2D eigenvalue weighted by molar-refractivity contribution is 6.31. The third kappa shape index (κ3) is 4.21. The molecular formula is C17H19ClN2O2. The zero-order valence-corrected chi connectivity index (χ0v) is 13.3. The molecule has 1 N–H and O–H groups in total. The van der Waals surface area contributed by atoms with Gasteiger partial charge in [-0.25, -0.2) is 0 Å². The quantitative estimate of drug-likeness (QED) is 0.886. The summed E-state index contributed by atoms with van der Waals surface area (Å²) in [6, 6.07) is 12.1. The molecule has 2 aromatic rings. The first-order chi connectivity index (χ1) is 10.6. The van der Waals surface area contributed by atoms with E-state index in [1.165, 1.54) is 6.07 Å². The topological polar surface area (TPSA) is 53.2 Å². The highest BCUT2D eigenvalue weighted by Crippen LogP contribution is 2.18. The SMILES string of the molecule is CCCCN(Cc1ccccc1Cl)C(=O)c1cccc(=O)[nH]1. The van der Waals surface area contributed by atoms with Gasteiger partial charge < -0.3 is 9.88 Å². The summed E-state index contributed by atoms with van der Waals surface area (Å²) in [5, 5.41) is 0.637. The molecule has 4 nitrogen and oxygen atoms in total. The zero-order valence-electron chi connectivity index (χ0n) is 12.5. The van der Waals surface area contributed by atoms with Crippen molar-refractivity contribution in [3.63, 3.8) is 0 Å². The van der Waals surface area contributed by atoms with Crippen LogP contribution in [0.1, 0.15) is 35.8 Å². The molecule has 0 atom stereocenters. The van der Waals surface area contributed by atoms with Crippen molar-refractivity contribution >= 4 is 17.5 Å². The van der Waals surface area contributed by atoms with Crippen molar-refractivity contribution in [2.24, 2.45) is 0 Å². The van der Waals surface area contributed by atoms with Gasteiger partial charge in [-0.3, -0.25) is 9.59 Å². The molecule has 2 rings (SSSR count). The lowest BCUT2D eigenvalue weighted by Crippen LogP contribution is -2.33. The van der Waals surface area contributed by atoms with E-state index in [1.54, 1.807) is 17.0 Å². The van der Waals surface area contributed by atoms with Crippen LogP contribution in [0.3, 0.4) is 0 Å². The number of amides is 1. The second kappa shape index (κ2) is 7.80. The normalized spacial score (nSPS) is 10.5. The van der Waals surface area contributed by atoms with Gasteiger partial charge in [0, 0.05) is 24.2 Å². The first-order valence-corrected chi connectivity index (χ1v) is 7.71. The van der Waals surface area contributed by atoms with E-state index in [0.717, 1.165) is 18.4 Å².